The van der Waals surface area contributed by atoms with Gasteiger partial charge in [-0.3, -0.25) is 0 Å². The minimum Gasteiger partial charge on any atom is -0.367 e. The molecule has 0 heterocycles. The number of hydrogen-bond acceptors (Lipinski definition) is 1. The quantitative estimate of drug-likeness (QED) is 0.472. The second kappa shape index (κ2) is 9.58. The lowest BCUT2D eigenvalue weighted by molar-refractivity contribution is 0.858. The highest BCUT2D eigenvalue weighted by Crippen LogP contribution is 2.21. The van der Waals surface area contributed by atoms with E-state index in [2.05, 4.69) is 71.8 Å². The lowest BCUT2D eigenvalue weighted by atomic mass is 10.0. The molecule has 1 rings (SSSR count). The molecule has 0 aliphatic rings. The lowest BCUT2D eigenvalue weighted by Crippen LogP contribution is -2.27. The van der Waals surface area contributed by atoms with Gasteiger partial charge in [-0.1, -0.05) is 62.4 Å². The van der Waals surface area contributed by atoms with Crippen LogP contribution < -0.4 is 4.90 Å². The summed E-state index contributed by atoms with van der Waals surface area (Å²) in [4.78, 5) is 2.42. The van der Waals surface area contributed by atoms with Crippen molar-refractivity contribution in [3.05, 3.63) is 66.3 Å². The van der Waals surface area contributed by atoms with Gasteiger partial charge in [-0.15, -0.1) is 9.24 Å². The molecule has 0 aliphatic heterocycles. The molecule has 0 spiro atoms. The van der Waals surface area contributed by atoms with E-state index in [1.165, 1.54) is 16.8 Å². The second-order valence-electron chi connectivity index (χ2n) is 5.59. The van der Waals surface area contributed by atoms with Crippen molar-refractivity contribution >= 4 is 14.9 Å². The van der Waals surface area contributed by atoms with Gasteiger partial charge in [0.05, 0.1) is 0 Å². The van der Waals surface area contributed by atoms with E-state index < -0.39 is 0 Å². The number of benzene rings is 1. The third-order valence-electron chi connectivity index (χ3n) is 3.39. The Morgan fingerprint density at radius 1 is 1.24 bits per heavy atom. The zero-order valence-electron chi connectivity index (χ0n) is 13.5. The van der Waals surface area contributed by atoms with Crippen molar-refractivity contribution in [2.75, 3.05) is 24.2 Å². The molecular weight excluding hydrogens is 273 g/mol. The van der Waals surface area contributed by atoms with E-state index in [4.69, 9.17) is 0 Å². The highest BCUT2D eigenvalue weighted by Gasteiger charge is 2.07. The zero-order valence-corrected chi connectivity index (χ0v) is 14.7. The Hall–Kier alpha value is -1.33. The van der Waals surface area contributed by atoms with Gasteiger partial charge in [0.2, 0.25) is 0 Å². The Labute approximate surface area is 132 Å². The Morgan fingerprint density at radius 2 is 1.90 bits per heavy atom. The monoisotopic (exact) mass is 301 g/mol. The molecule has 0 fully saturated rings. The molecule has 0 aliphatic carbocycles. The van der Waals surface area contributed by atoms with Gasteiger partial charge in [0.15, 0.2) is 0 Å². The summed E-state index contributed by atoms with van der Waals surface area (Å²) in [6.45, 7) is 12.3. The molecule has 0 saturated carbocycles. The molecule has 1 nitrogen and oxygen atoms in total. The van der Waals surface area contributed by atoms with Crippen LogP contribution in [-0.4, -0.2) is 19.3 Å². The molecule has 0 aromatic heterocycles. The van der Waals surface area contributed by atoms with Gasteiger partial charge in [-0.25, -0.2) is 0 Å². The summed E-state index contributed by atoms with van der Waals surface area (Å²) in [5.74, 6) is 0.583. The minimum atomic E-state index is 0.583. The average Bonchev–Trinajstić information content (AvgIpc) is 2.47. The van der Waals surface area contributed by atoms with E-state index in [0.29, 0.717) is 5.92 Å². The van der Waals surface area contributed by atoms with Crippen LogP contribution in [0.3, 0.4) is 0 Å². The van der Waals surface area contributed by atoms with Gasteiger partial charge >= 0.3 is 0 Å². The first-order valence-electron chi connectivity index (χ1n) is 7.58. The molecular formula is C19H28NP. The van der Waals surface area contributed by atoms with Crippen molar-refractivity contribution in [2.24, 2.45) is 0 Å². The van der Waals surface area contributed by atoms with Gasteiger partial charge in [0, 0.05) is 18.8 Å². The molecule has 114 valence electrons. The SMILES string of the molecule is C=C/C=C\C=C(/C)CN(CCP)c1ccc(C(C)C)cc1. The van der Waals surface area contributed by atoms with Crippen molar-refractivity contribution in [3.8, 4) is 0 Å². The van der Waals surface area contributed by atoms with Gasteiger partial charge in [-0.05, 0) is 36.7 Å². The molecule has 1 unspecified atom stereocenters. The Morgan fingerprint density at radius 3 is 2.43 bits per heavy atom. The number of anilines is 1. The Balaban J connectivity index is 2.83. The third-order valence-corrected chi connectivity index (χ3v) is 3.65. The first-order chi connectivity index (χ1) is 10.1. The minimum absolute atomic E-state index is 0.583. The van der Waals surface area contributed by atoms with E-state index in [-0.39, 0.29) is 0 Å². The molecule has 0 saturated heterocycles. The number of nitrogens with zero attached hydrogens (tertiary/aromatic N) is 1. The summed E-state index contributed by atoms with van der Waals surface area (Å²) in [7, 11) is 2.82. The maximum Gasteiger partial charge on any atom is 0.0389 e. The summed E-state index contributed by atoms with van der Waals surface area (Å²) in [6, 6.07) is 8.96. The molecule has 0 bridgehead atoms. The van der Waals surface area contributed by atoms with Crippen LogP contribution >= 0.6 is 9.24 Å². The molecule has 0 radical (unpaired) electrons. The molecule has 1 atom stereocenters. The van der Waals surface area contributed by atoms with Crippen molar-refractivity contribution in [1.29, 1.82) is 0 Å². The first-order valence-corrected chi connectivity index (χ1v) is 8.40. The van der Waals surface area contributed by atoms with Crippen LogP contribution in [0.5, 0.6) is 0 Å². The molecule has 0 N–H and O–H groups in total. The summed E-state index contributed by atoms with van der Waals surface area (Å²) in [5.41, 5.74) is 4.03. The maximum absolute atomic E-state index is 3.69. The molecule has 1 aromatic carbocycles. The summed E-state index contributed by atoms with van der Waals surface area (Å²) in [6.07, 6.45) is 9.03. The smallest absolute Gasteiger partial charge is 0.0389 e. The summed E-state index contributed by atoms with van der Waals surface area (Å²) < 4.78 is 0. The molecule has 0 amide bonds. The van der Waals surface area contributed by atoms with E-state index >= 15 is 0 Å². The van der Waals surface area contributed by atoms with Crippen LogP contribution in [0.4, 0.5) is 5.69 Å². The van der Waals surface area contributed by atoms with Crippen LogP contribution in [0.15, 0.2) is 60.7 Å². The maximum atomic E-state index is 3.69. The number of allylic oxidation sites excluding steroid dienone is 4. The van der Waals surface area contributed by atoms with E-state index in [1.807, 2.05) is 12.2 Å². The predicted molar refractivity (Wildman–Crippen MR) is 100 cm³/mol. The molecule has 2 heteroatoms. The zero-order chi connectivity index (χ0) is 15.7. The Kier molecular flexibility index (Phi) is 8.08. The van der Waals surface area contributed by atoms with E-state index in [0.717, 1.165) is 19.3 Å². The van der Waals surface area contributed by atoms with Crippen molar-refractivity contribution in [3.63, 3.8) is 0 Å². The fraction of sp³-hybridized carbons (Fsp3) is 0.368. The number of hydrogen-bond donors (Lipinski definition) is 0. The van der Waals surface area contributed by atoms with Crippen molar-refractivity contribution in [2.45, 2.75) is 26.7 Å². The summed E-state index contributed by atoms with van der Waals surface area (Å²) >= 11 is 0. The molecule has 21 heavy (non-hydrogen) atoms. The van der Waals surface area contributed by atoms with Gasteiger partial charge in [0.1, 0.15) is 0 Å². The number of rotatable bonds is 8. The van der Waals surface area contributed by atoms with Crippen LogP contribution in [-0.2, 0) is 0 Å². The van der Waals surface area contributed by atoms with Crippen LogP contribution in [0.25, 0.3) is 0 Å². The van der Waals surface area contributed by atoms with Crippen molar-refractivity contribution < 1.29 is 0 Å². The van der Waals surface area contributed by atoms with Crippen LogP contribution in [0.1, 0.15) is 32.3 Å². The third kappa shape index (κ3) is 6.31. The highest BCUT2D eigenvalue weighted by atomic mass is 31.0. The largest absolute Gasteiger partial charge is 0.367 e. The fourth-order valence-corrected chi connectivity index (χ4v) is 2.49. The Bertz CT molecular complexity index is 483. The first kappa shape index (κ1) is 17.7. The van der Waals surface area contributed by atoms with Crippen LogP contribution in [0.2, 0.25) is 0 Å². The topological polar surface area (TPSA) is 3.24 Å². The normalized spacial score (nSPS) is 12.1. The van der Waals surface area contributed by atoms with Gasteiger partial charge < -0.3 is 4.90 Å². The highest BCUT2D eigenvalue weighted by molar-refractivity contribution is 7.16. The standard InChI is InChI=1S/C19H28NP/c1-5-6-7-8-17(4)15-20(13-14-21)19-11-9-18(10-12-19)16(2)3/h5-12,16H,1,13-15,21H2,2-4H3/b7-6-,17-8+. The van der Waals surface area contributed by atoms with Gasteiger partial charge in [0.25, 0.3) is 0 Å². The molecule has 1 aromatic rings. The predicted octanol–water partition coefficient (Wildman–Crippen LogP) is 5.18. The second-order valence-corrected chi connectivity index (χ2v) is 6.17. The fourth-order valence-electron chi connectivity index (χ4n) is 2.18. The summed E-state index contributed by atoms with van der Waals surface area (Å²) in [5, 5.41) is 0. The lowest BCUT2D eigenvalue weighted by Gasteiger charge is -2.25. The van der Waals surface area contributed by atoms with E-state index in [1.54, 1.807) is 6.08 Å². The van der Waals surface area contributed by atoms with Gasteiger partial charge in [-0.2, -0.15) is 0 Å². The average molecular weight is 301 g/mol. The van der Waals surface area contributed by atoms with Crippen LogP contribution in [0, 0.1) is 0 Å². The van der Waals surface area contributed by atoms with Crippen molar-refractivity contribution in [1.82, 2.24) is 0 Å². The van der Waals surface area contributed by atoms with E-state index in [9.17, 15) is 0 Å².